The van der Waals surface area contributed by atoms with Crippen molar-refractivity contribution in [2.45, 2.75) is 38.6 Å². The van der Waals surface area contributed by atoms with Crippen LogP contribution in [-0.4, -0.2) is 34.7 Å². The maximum Gasteiger partial charge on any atom is 0.417 e. The van der Waals surface area contributed by atoms with Gasteiger partial charge in [-0.1, -0.05) is 12.2 Å². The van der Waals surface area contributed by atoms with Gasteiger partial charge in [-0.2, -0.15) is 0 Å². The van der Waals surface area contributed by atoms with Crippen LogP contribution in [0.15, 0.2) is 12.2 Å². The van der Waals surface area contributed by atoms with Crippen molar-refractivity contribution >= 4 is 12.0 Å². The SMILES string of the molecule is CC(C)(C)OC(=O)N1C(=O)C2C=CC1C2F. The summed E-state index contributed by atoms with van der Waals surface area (Å²) in [4.78, 5) is 24.2. The number of alkyl halides is 1. The molecule has 0 N–H and O–H groups in total. The zero-order chi connectivity index (χ0) is 12.1. The summed E-state index contributed by atoms with van der Waals surface area (Å²) in [6.45, 7) is 5.10. The predicted molar refractivity (Wildman–Crippen MR) is 54.4 cm³/mol. The quantitative estimate of drug-likeness (QED) is 0.591. The van der Waals surface area contributed by atoms with Gasteiger partial charge in [-0.05, 0) is 20.8 Å². The number of ether oxygens (including phenoxy) is 1. The molecule has 0 radical (unpaired) electrons. The molecule has 1 saturated heterocycles. The molecule has 16 heavy (non-hydrogen) atoms. The molecule has 1 fully saturated rings. The number of imide groups is 1. The zero-order valence-electron chi connectivity index (χ0n) is 9.44. The maximum atomic E-state index is 13.5. The number of amides is 2. The third kappa shape index (κ3) is 1.60. The molecule has 0 spiro atoms. The Morgan fingerprint density at radius 3 is 2.50 bits per heavy atom. The summed E-state index contributed by atoms with van der Waals surface area (Å²) < 4.78 is 18.6. The lowest BCUT2D eigenvalue weighted by molar-refractivity contribution is -0.130. The van der Waals surface area contributed by atoms with Crippen LogP contribution in [0.5, 0.6) is 0 Å². The van der Waals surface area contributed by atoms with Crippen molar-refractivity contribution in [2.24, 2.45) is 5.92 Å². The molecule has 5 heteroatoms. The Labute approximate surface area is 93.0 Å². The summed E-state index contributed by atoms with van der Waals surface area (Å²) in [6, 6.07) is -0.785. The van der Waals surface area contributed by atoms with Gasteiger partial charge in [0.15, 0.2) is 0 Å². The zero-order valence-corrected chi connectivity index (χ0v) is 9.44. The Morgan fingerprint density at radius 1 is 1.44 bits per heavy atom. The Bertz CT molecular complexity index is 372. The molecule has 0 aromatic rings. The molecule has 2 rings (SSSR count). The van der Waals surface area contributed by atoms with E-state index in [1.54, 1.807) is 26.8 Å². The van der Waals surface area contributed by atoms with Crippen molar-refractivity contribution in [3.8, 4) is 0 Å². The number of fused-ring (bicyclic) bond motifs is 2. The Balaban J connectivity index is 2.15. The van der Waals surface area contributed by atoms with Crippen LogP contribution in [-0.2, 0) is 9.53 Å². The van der Waals surface area contributed by atoms with E-state index in [9.17, 15) is 14.0 Å². The van der Waals surface area contributed by atoms with Crippen LogP contribution in [0.1, 0.15) is 20.8 Å². The molecule has 4 nitrogen and oxygen atoms in total. The number of carbonyl (C=O) groups is 2. The van der Waals surface area contributed by atoms with Crippen molar-refractivity contribution in [2.75, 3.05) is 0 Å². The number of halogens is 1. The largest absolute Gasteiger partial charge is 0.443 e. The van der Waals surface area contributed by atoms with Crippen LogP contribution in [0.25, 0.3) is 0 Å². The van der Waals surface area contributed by atoms with Crippen molar-refractivity contribution in [3.63, 3.8) is 0 Å². The average Bonchev–Trinajstić information content (AvgIpc) is 2.56. The van der Waals surface area contributed by atoms with Crippen LogP contribution in [0.2, 0.25) is 0 Å². The van der Waals surface area contributed by atoms with Gasteiger partial charge < -0.3 is 4.74 Å². The summed E-state index contributed by atoms with van der Waals surface area (Å²) in [5.74, 6) is -1.31. The van der Waals surface area contributed by atoms with Gasteiger partial charge >= 0.3 is 6.09 Å². The summed E-state index contributed by atoms with van der Waals surface area (Å²) in [5.41, 5.74) is -0.686. The van der Waals surface area contributed by atoms with Gasteiger partial charge in [0.1, 0.15) is 11.8 Å². The van der Waals surface area contributed by atoms with E-state index < -0.39 is 35.7 Å². The third-order valence-corrected chi connectivity index (χ3v) is 2.60. The van der Waals surface area contributed by atoms with Crippen molar-refractivity contribution in [3.05, 3.63) is 12.2 Å². The average molecular weight is 227 g/mol. The monoisotopic (exact) mass is 227 g/mol. The molecule has 2 bridgehead atoms. The number of rotatable bonds is 0. The number of nitrogens with zero attached hydrogens (tertiary/aromatic N) is 1. The third-order valence-electron chi connectivity index (χ3n) is 2.60. The molecule has 0 aromatic carbocycles. The van der Waals surface area contributed by atoms with Crippen LogP contribution in [0.3, 0.4) is 0 Å². The lowest BCUT2D eigenvalue weighted by atomic mass is 10.1. The Morgan fingerprint density at radius 2 is 2.06 bits per heavy atom. The molecule has 1 aliphatic heterocycles. The Hall–Kier alpha value is -1.39. The smallest absolute Gasteiger partial charge is 0.417 e. The Kier molecular flexibility index (Phi) is 2.29. The highest BCUT2D eigenvalue weighted by Gasteiger charge is 2.53. The number of likely N-dealkylation sites (tertiary alicyclic amines) is 1. The van der Waals surface area contributed by atoms with E-state index in [-0.39, 0.29) is 0 Å². The lowest BCUT2D eigenvalue weighted by Crippen LogP contribution is -2.43. The number of hydrogen-bond acceptors (Lipinski definition) is 3. The van der Waals surface area contributed by atoms with Gasteiger partial charge in [-0.25, -0.2) is 14.1 Å². The molecule has 1 aliphatic carbocycles. The van der Waals surface area contributed by atoms with Gasteiger partial charge in [0.25, 0.3) is 0 Å². The van der Waals surface area contributed by atoms with E-state index in [0.29, 0.717) is 0 Å². The van der Waals surface area contributed by atoms with Crippen LogP contribution >= 0.6 is 0 Å². The second kappa shape index (κ2) is 3.30. The second-order valence-corrected chi connectivity index (χ2v) is 5.03. The van der Waals surface area contributed by atoms with Gasteiger partial charge in [0.2, 0.25) is 5.91 Å². The van der Waals surface area contributed by atoms with Crippen LogP contribution in [0.4, 0.5) is 9.18 Å². The molecular weight excluding hydrogens is 213 g/mol. The van der Waals surface area contributed by atoms with E-state index >= 15 is 0 Å². The van der Waals surface area contributed by atoms with Gasteiger partial charge in [0, 0.05) is 0 Å². The molecule has 88 valence electrons. The molecule has 1 heterocycles. The standard InChI is InChI=1S/C11H14FNO3/c1-11(2,3)16-10(15)13-7-5-4-6(8(7)12)9(13)14/h4-8H,1-3H3. The minimum atomic E-state index is -1.32. The predicted octanol–water partition coefficient (Wildman–Crippen LogP) is 1.66. The van der Waals surface area contributed by atoms with Crippen LogP contribution < -0.4 is 0 Å². The van der Waals surface area contributed by atoms with Gasteiger partial charge in [-0.15, -0.1) is 0 Å². The summed E-state index contributed by atoms with van der Waals surface area (Å²) >= 11 is 0. The van der Waals surface area contributed by atoms with Crippen LogP contribution in [0, 0.1) is 5.92 Å². The molecule has 2 amide bonds. The summed E-state index contributed by atoms with van der Waals surface area (Å²) in [5, 5.41) is 0. The minimum absolute atomic E-state index is 0.505. The lowest BCUT2D eigenvalue weighted by Gasteiger charge is -2.26. The fourth-order valence-electron chi connectivity index (χ4n) is 1.94. The normalized spacial score (nSPS) is 32.4. The first-order valence-electron chi connectivity index (χ1n) is 5.20. The highest BCUT2D eigenvalue weighted by molar-refractivity contribution is 5.98. The summed E-state index contributed by atoms with van der Waals surface area (Å²) in [7, 11) is 0. The van der Waals surface area contributed by atoms with E-state index in [1.165, 1.54) is 6.08 Å². The summed E-state index contributed by atoms with van der Waals surface area (Å²) in [6.07, 6.45) is 0.969. The topological polar surface area (TPSA) is 46.6 Å². The van der Waals surface area contributed by atoms with Gasteiger partial charge in [-0.3, -0.25) is 4.79 Å². The first kappa shape index (κ1) is 11.1. The van der Waals surface area contributed by atoms with Gasteiger partial charge in [0.05, 0.1) is 12.0 Å². The highest BCUT2D eigenvalue weighted by atomic mass is 19.1. The molecule has 0 aromatic heterocycles. The molecule has 2 aliphatic rings. The fraction of sp³-hybridized carbons (Fsp3) is 0.636. The van der Waals surface area contributed by atoms with E-state index in [2.05, 4.69) is 0 Å². The fourth-order valence-corrected chi connectivity index (χ4v) is 1.94. The maximum absolute atomic E-state index is 13.5. The number of carbonyl (C=O) groups excluding carboxylic acids is 2. The van der Waals surface area contributed by atoms with E-state index in [1.807, 2.05) is 0 Å². The highest BCUT2D eigenvalue weighted by Crippen LogP contribution is 2.36. The van der Waals surface area contributed by atoms with E-state index in [0.717, 1.165) is 4.90 Å². The van der Waals surface area contributed by atoms with Crippen molar-refractivity contribution in [1.82, 2.24) is 4.90 Å². The van der Waals surface area contributed by atoms with Crippen molar-refractivity contribution in [1.29, 1.82) is 0 Å². The second-order valence-electron chi connectivity index (χ2n) is 5.03. The molecule has 0 saturated carbocycles. The molecule has 3 atom stereocenters. The molecular formula is C11H14FNO3. The minimum Gasteiger partial charge on any atom is -0.443 e. The molecule has 3 unspecified atom stereocenters. The number of hydrogen-bond donors (Lipinski definition) is 0. The van der Waals surface area contributed by atoms with Crippen molar-refractivity contribution < 1.29 is 18.7 Å². The first-order chi connectivity index (χ1) is 7.31. The first-order valence-corrected chi connectivity index (χ1v) is 5.20. The van der Waals surface area contributed by atoms with E-state index in [4.69, 9.17) is 4.74 Å².